The molecule has 4 nitrogen and oxygen atoms in total. The highest BCUT2D eigenvalue weighted by Gasteiger charge is 2.04. The number of benzene rings is 1. The molecule has 0 saturated carbocycles. The second-order valence-corrected chi connectivity index (χ2v) is 3.38. The van der Waals surface area contributed by atoms with Gasteiger partial charge in [-0.25, -0.2) is 4.98 Å². The van der Waals surface area contributed by atoms with E-state index < -0.39 is 0 Å². The Morgan fingerprint density at radius 1 is 1.33 bits per heavy atom. The van der Waals surface area contributed by atoms with Crippen molar-refractivity contribution in [3.8, 4) is 17.5 Å². The zero-order valence-electron chi connectivity index (χ0n) is 7.74. The molecule has 0 aliphatic carbocycles. The second kappa shape index (κ2) is 4.11. The molecule has 2 aromatic rings. The third kappa shape index (κ3) is 2.14. The summed E-state index contributed by atoms with van der Waals surface area (Å²) in [4.78, 5) is 4.17. The zero-order chi connectivity index (χ0) is 10.7. The number of H-pyrrole nitrogens is 1. The van der Waals surface area contributed by atoms with Crippen molar-refractivity contribution in [2.75, 3.05) is 0 Å². The van der Waals surface area contributed by atoms with Crippen molar-refractivity contribution in [2.45, 2.75) is 6.42 Å². The molecule has 0 amide bonds. The topological polar surface area (TPSA) is 65.4 Å². The first-order valence-corrected chi connectivity index (χ1v) is 4.71. The van der Waals surface area contributed by atoms with Gasteiger partial charge < -0.3 is 0 Å². The standard InChI is InChI=1S/C10H7ClN4/c11-8-3-1-7(2-4-8)10-13-9(5-6-12)14-15-10/h1-4H,5H2,(H,13,14,15). The van der Waals surface area contributed by atoms with Gasteiger partial charge in [0.1, 0.15) is 5.82 Å². The van der Waals surface area contributed by atoms with Crippen LogP contribution in [0.15, 0.2) is 24.3 Å². The van der Waals surface area contributed by atoms with Crippen molar-refractivity contribution in [1.82, 2.24) is 15.2 Å². The summed E-state index contributed by atoms with van der Waals surface area (Å²) in [5.41, 5.74) is 0.875. The van der Waals surface area contributed by atoms with Crippen LogP contribution < -0.4 is 0 Å². The Morgan fingerprint density at radius 3 is 2.73 bits per heavy atom. The molecule has 1 heterocycles. The zero-order valence-corrected chi connectivity index (χ0v) is 8.49. The maximum absolute atomic E-state index is 8.48. The highest BCUT2D eigenvalue weighted by Crippen LogP contribution is 2.17. The van der Waals surface area contributed by atoms with Crippen LogP contribution in [0.4, 0.5) is 0 Å². The molecule has 0 aliphatic heterocycles. The fraction of sp³-hybridized carbons (Fsp3) is 0.100. The molecule has 0 fully saturated rings. The van der Waals surface area contributed by atoms with Crippen LogP contribution in [-0.2, 0) is 6.42 Å². The summed E-state index contributed by atoms with van der Waals surface area (Å²) >= 11 is 5.76. The molecule has 0 spiro atoms. The quantitative estimate of drug-likeness (QED) is 0.840. The molecule has 0 atom stereocenters. The van der Waals surface area contributed by atoms with Gasteiger partial charge in [-0.1, -0.05) is 11.6 Å². The van der Waals surface area contributed by atoms with Crippen LogP contribution in [0.1, 0.15) is 5.82 Å². The molecule has 15 heavy (non-hydrogen) atoms. The lowest BCUT2D eigenvalue weighted by atomic mass is 10.2. The fourth-order valence-corrected chi connectivity index (χ4v) is 1.30. The molecule has 1 N–H and O–H groups in total. The Balaban J connectivity index is 2.30. The molecule has 1 aromatic carbocycles. The number of rotatable bonds is 2. The van der Waals surface area contributed by atoms with Crippen LogP contribution in [0, 0.1) is 11.3 Å². The maximum Gasteiger partial charge on any atom is 0.181 e. The summed E-state index contributed by atoms with van der Waals surface area (Å²) in [6, 6.07) is 9.22. The van der Waals surface area contributed by atoms with E-state index in [4.69, 9.17) is 16.9 Å². The molecule has 1 aromatic heterocycles. The molecule has 0 radical (unpaired) electrons. The number of halogens is 1. The molecule has 5 heteroatoms. The monoisotopic (exact) mass is 218 g/mol. The molecule has 2 rings (SSSR count). The Bertz CT molecular complexity index is 495. The first-order chi connectivity index (χ1) is 7.29. The Morgan fingerprint density at radius 2 is 2.07 bits per heavy atom. The highest BCUT2D eigenvalue weighted by molar-refractivity contribution is 6.30. The lowest BCUT2D eigenvalue weighted by Gasteiger charge is -1.93. The summed E-state index contributed by atoms with van der Waals surface area (Å²) in [7, 11) is 0. The molecular formula is C10H7ClN4. The third-order valence-electron chi connectivity index (χ3n) is 1.88. The molecular weight excluding hydrogens is 212 g/mol. The predicted molar refractivity (Wildman–Crippen MR) is 56.1 cm³/mol. The summed E-state index contributed by atoms with van der Waals surface area (Å²) < 4.78 is 0. The van der Waals surface area contributed by atoms with Crippen molar-refractivity contribution in [3.63, 3.8) is 0 Å². The number of aromatic amines is 1. The van der Waals surface area contributed by atoms with Gasteiger partial charge in [0, 0.05) is 10.6 Å². The average molecular weight is 219 g/mol. The normalized spacial score (nSPS) is 9.87. The van der Waals surface area contributed by atoms with Crippen molar-refractivity contribution in [1.29, 1.82) is 5.26 Å². The Kier molecular flexibility index (Phi) is 2.66. The minimum absolute atomic E-state index is 0.237. The van der Waals surface area contributed by atoms with Gasteiger partial charge in [-0.15, -0.1) is 0 Å². The van der Waals surface area contributed by atoms with Crippen LogP contribution in [0.5, 0.6) is 0 Å². The van der Waals surface area contributed by atoms with Crippen LogP contribution in [-0.4, -0.2) is 15.2 Å². The van der Waals surface area contributed by atoms with Gasteiger partial charge in [-0.05, 0) is 24.3 Å². The van der Waals surface area contributed by atoms with E-state index in [2.05, 4.69) is 15.2 Å². The molecule has 0 bridgehead atoms. The van der Waals surface area contributed by atoms with Crippen molar-refractivity contribution in [2.24, 2.45) is 0 Å². The number of hydrogen-bond donors (Lipinski definition) is 1. The van der Waals surface area contributed by atoms with Crippen LogP contribution in [0.2, 0.25) is 5.02 Å². The average Bonchev–Trinajstić information content (AvgIpc) is 2.68. The van der Waals surface area contributed by atoms with Crippen LogP contribution in [0.25, 0.3) is 11.4 Å². The van der Waals surface area contributed by atoms with Gasteiger partial charge in [-0.3, -0.25) is 5.10 Å². The molecule has 74 valence electrons. The van der Waals surface area contributed by atoms with Gasteiger partial charge in [0.15, 0.2) is 5.82 Å². The Hall–Kier alpha value is -1.86. The van der Waals surface area contributed by atoms with E-state index in [1.165, 1.54) is 0 Å². The van der Waals surface area contributed by atoms with Gasteiger partial charge in [0.25, 0.3) is 0 Å². The third-order valence-corrected chi connectivity index (χ3v) is 2.13. The lowest BCUT2D eigenvalue weighted by Crippen LogP contribution is -1.83. The van der Waals surface area contributed by atoms with Crippen molar-refractivity contribution >= 4 is 11.6 Å². The van der Waals surface area contributed by atoms with E-state index in [1.807, 2.05) is 18.2 Å². The molecule has 0 unspecified atom stereocenters. The predicted octanol–water partition coefficient (Wildman–Crippen LogP) is 2.19. The summed E-state index contributed by atoms with van der Waals surface area (Å²) in [5, 5.41) is 15.9. The number of nitrogens with one attached hydrogen (secondary N) is 1. The number of hydrogen-bond acceptors (Lipinski definition) is 3. The maximum atomic E-state index is 8.48. The van der Waals surface area contributed by atoms with Gasteiger partial charge in [0.05, 0.1) is 12.5 Å². The largest absolute Gasteiger partial charge is 0.262 e. The smallest absolute Gasteiger partial charge is 0.181 e. The van der Waals surface area contributed by atoms with E-state index in [9.17, 15) is 0 Å². The van der Waals surface area contributed by atoms with Gasteiger partial charge in [0.2, 0.25) is 0 Å². The van der Waals surface area contributed by atoms with Crippen LogP contribution >= 0.6 is 11.6 Å². The van der Waals surface area contributed by atoms with Crippen LogP contribution in [0.3, 0.4) is 0 Å². The Labute approximate surface area is 91.5 Å². The van der Waals surface area contributed by atoms with E-state index in [0.29, 0.717) is 16.7 Å². The van der Waals surface area contributed by atoms with E-state index in [1.54, 1.807) is 12.1 Å². The second-order valence-electron chi connectivity index (χ2n) is 2.95. The van der Waals surface area contributed by atoms with Crippen molar-refractivity contribution < 1.29 is 0 Å². The number of aromatic nitrogens is 3. The first kappa shape index (κ1) is 9.69. The van der Waals surface area contributed by atoms with E-state index in [0.717, 1.165) is 5.56 Å². The first-order valence-electron chi connectivity index (χ1n) is 4.34. The lowest BCUT2D eigenvalue weighted by molar-refractivity contribution is 0.996. The SMILES string of the molecule is N#CCc1nc(-c2ccc(Cl)cc2)n[nH]1. The summed E-state index contributed by atoms with van der Waals surface area (Å²) in [6.45, 7) is 0. The van der Waals surface area contributed by atoms with E-state index >= 15 is 0 Å². The number of nitrogens with zero attached hydrogens (tertiary/aromatic N) is 3. The molecule has 0 aliphatic rings. The van der Waals surface area contributed by atoms with E-state index in [-0.39, 0.29) is 6.42 Å². The minimum Gasteiger partial charge on any atom is -0.262 e. The fourth-order valence-electron chi connectivity index (χ4n) is 1.18. The minimum atomic E-state index is 0.237. The van der Waals surface area contributed by atoms with Gasteiger partial charge in [-0.2, -0.15) is 10.4 Å². The number of nitriles is 1. The van der Waals surface area contributed by atoms with Crippen molar-refractivity contribution in [3.05, 3.63) is 35.1 Å². The van der Waals surface area contributed by atoms with Gasteiger partial charge >= 0.3 is 0 Å². The summed E-state index contributed by atoms with van der Waals surface area (Å²) in [5.74, 6) is 1.15. The molecule has 0 saturated heterocycles. The summed E-state index contributed by atoms with van der Waals surface area (Å²) in [6.07, 6.45) is 0.237. The highest BCUT2D eigenvalue weighted by atomic mass is 35.5.